The van der Waals surface area contributed by atoms with Crippen LogP contribution < -0.4 is 0 Å². The standard InChI is InChI=1S/C22H19ClFNO/c23-19-5-1-18(2-6-19)22-10-9-21(26-22)15-25-13-11-17(12-14-25)16-3-7-20(24)8-4-16/h1-11H,12-15H2. The second-order valence-corrected chi connectivity index (χ2v) is 6.93. The molecular weight excluding hydrogens is 349 g/mol. The van der Waals surface area contributed by atoms with Gasteiger partial charge in [-0.25, -0.2) is 4.39 Å². The van der Waals surface area contributed by atoms with E-state index in [4.69, 9.17) is 16.0 Å². The average molecular weight is 368 g/mol. The molecule has 4 heteroatoms. The Hall–Kier alpha value is -2.36. The van der Waals surface area contributed by atoms with Crippen LogP contribution in [0, 0.1) is 5.82 Å². The van der Waals surface area contributed by atoms with Gasteiger partial charge in [-0.15, -0.1) is 0 Å². The highest BCUT2D eigenvalue weighted by atomic mass is 35.5. The summed E-state index contributed by atoms with van der Waals surface area (Å²) in [6.45, 7) is 2.60. The zero-order valence-electron chi connectivity index (χ0n) is 14.3. The van der Waals surface area contributed by atoms with E-state index in [9.17, 15) is 4.39 Å². The highest BCUT2D eigenvalue weighted by Crippen LogP contribution is 2.26. The predicted molar refractivity (Wildman–Crippen MR) is 103 cm³/mol. The molecule has 0 spiro atoms. The average Bonchev–Trinajstić information content (AvgIpc) is 3.12. The molecule has 0 saturated heterocycles. The van der Waals surface area contributed by atoms with E-state index >= 15 is 0 Å². The van der Waals surface area contributed by atoms with E-state index < -0.39 is 0 Å². The largest absolute Gasteiger partial charge is 0.460 e. The Labute approximate surface area is 157 Å². The summed E-state index contributed by atoms with van der Waals surface area (Å²) in [4.78, 5) is 2.34. The predicted octanol–water partition coefficient (Wildman–Crippen LogP) is 6.03. The number of benzene rings is 2. The Bertz CT molecular complexity index is 912. The minimum atomic E-state index is -0.193. The maximum Gasteiger partial charge on any atom is 0.134 e. The van der Waals surface area contributed by atoms with Gasteiger partial charge in [0.2, 0.25) is 0 Å². The molecule has 0 atom stereocenters. The first-order valence-corrected chi connectivity index (χ1v) is 9.07. The number of hydrogen-bond acceptors (Lipinski definition) is 2. The second-order valence-electron chi connectivity index (χ2n) is 6.49. The molecule has 1 aliphatic heterocycles. The third kappa shape index (κ3) is 3.90. The van der Waals surface area contributed by atoms with Crippen molar-refractivity contribution < 1.29 is 8.81 Å². The summed E-state index contributed by atoms with van der Waals surface area (Å²) < 4.78 is 19.0. The van der Waals surface area contributed by atoms with Gasteiger partial charge in [0.1, 0.15) is 17.3 Å². The lowest BCUT2D eigenvalue weighted by atomic mass is 9.99. The van der Waals surface area contributed by atoms with Crippen LogP contribution in [-0.2, 0) is 6.54 Å². The molecule has 2 aromatic carbocycles. The number of nitrogens with zero attached hydrogens (tertiary/aromatic N) is 1. The molecule has 1 aliphatic rings. The highest BCUT2D eigenvalue weighted by Gasteiger charge is 2.15. The molecule has 26 heavy (non-hydrogen) atoms. The number of halogens is 2. The zero-order valence-corrected chi connectivity index (χ0v) is 15.0. The Balaban J connectivity index is 1.40. The molecule has 1 aromatic heterocycles. The van der Waals surface area contributed by atoms with E-state index in [0.29, 0.717) is 0 Å². The molecule has 0 saturated carbocycles. The Morgan fingerprint density at radius 2 is 1.65 bits per heavy atom. The summed E-state index contributed by atoms with van der Waals surface area (Å²) in [6.07, 6.45) is 3.18. The monoisotopic (exact) mass is 367 g/mol. The highest BCUT2D eigenvalue weighted by molar-refractivity contribution is 6.30. The molecule has 0 amide bonds. The molecule has 0 fully saturated rings. The van der Waals surface area contributed by atoms with E-state index in [1.54, 1.807) is 0 Å². The van der Waals surface area contributed by atoms with E-state index in [2.05, 4.69) is 11.0 Å². The molecule has 0 bridgehead atoms. The number of rotatable bonds is 4. The fourth-order valence-electron chi connectivity index (χ4n) is 3.23. The first-order chi connectivity index (χ1) is 12.7. The lowest BCUT2D eigenvalue weighted by Gasteiger charge is -2.25. The van der Waals surface area contributed by atoms with Crippen molar-refractivity contribution in [3.63, 3.8) is 0 Å². The van der Waals surface area contributed by atoms with Gasteiger partial charge in [0.15, 0.2) is 0 Å². The van der Waals surface area contributed by atoms with Crippen LogP contribution in [0.5, 0.6) is 0 Å². The third-order valence-corrected chi connectivity index (χ3v) is 4.93. The first-order valence-electron chi connectivity index (χ1n) is 8.69. The van der Waals surface area contributed by atoms with Gasteiger partial charge in [-0.3, -0.25) is 4.90 Å². The molecule has 4 rings (SSSR count). The lowest BCUT2D eigenvalue weighted by Crippen LogP contribution is -2.27. The van der Waals surface area contributed by atoms with Gasteiger partial charge in [-0.05, 0) is 66.1 Å². The van der Waals surface area contributed by atoms with E-state index in [0.717, 1.165) is 53.7 Å². The molecule has 132 valence electrons. The maximum absolute atomic E-state index is 13.1. The quantitative estimate of drug-likeness (QED) is 0.560. The van der Waals surface area contributed by atoms with E-state index in [-0.39, 0.29) is 5.82 Å². The van der Waals surface area contributed by atoms with Gasteiger partial charge < -0.3 is 4.42 Å². The molecular formula is C22H19ClFNO. The van der Waals surface area contributed by atoms with Crippen LogP contribution in [0.15, 0.2) is 71.2 Å². The summed E-state index contributed by atoms with van der Waals surface area (Å²) in [5.41, 5.74) is 3.41. The van der Waals surface area contributed by atoms with Gasteiger partial charge in [0.05, 0.1) is 6.54 Å². The fraction of sp³-hybridized carbons (Fsp3) is 0.182. The Kier molecular flexibility index (Phi) is 4.91. The van der Waals surface area contributed by atoms with Gasteiger partial charge in [-0.1, -0.05) is 29.8 Å². The van der Waals surface area contributed by atoms with Crippen LogP contribution >= 0.6 is 11.6 Å². The Morgan fingerprint density at radius 1 is 0.923 bits per heavy atom. The fourth-order valence-corrected chi connectivity index (χ4v) is 3.36. The van der Waals surface area contributed by atoms with Gasteiger partial charge in [0.25, 0.3) is 0 Å². The van der Waals surface area contributed by atoms with Crippen molar-refractivity contribution in [1.82, 2.24) is 4.90 Å². The minimum Gasteiger partial charge on any atom is -0.460 e. The van der Waals surface area contributed by atoms with Crippen molar-refractivity contribution in [2.75, 3.05) is 13.1 Å². The van der Waals surface area contributed by atoms with Crippen LogP contribution in [0.1, 0.15) is 17.7 Å². The van der Waals surface area contributed by atoms with Gasteiger partial charge >= 0.3 is 0 Å². The van der Waals surface area contributed by atoms with E-state index in [1.807, 2.05) is 48.5 Å². The summed E-state index contributed by atoms with van der Waals surface area (Å²) in [6, 6.07) is 18.4. The molecule has 0 aliphatic carbocycles. The van der Waals surface area contributed by atoms with Gasteiger partial charge in [0, 0.05) is 23.7 Å². The number of hydrogen-bond donors (Lipinski definition) is 0. The van der Waals surface area contributed by atoms with Crippen molar-refractivity contribution >= 4 is 17.2 Å². The molecule has 2 nitrogen and oxygen atoms in total. The van der Waals surface area contributed by atoms with Gasteiger partial charge in [-0.2, -0.15) is 0 Å². The van der Waals surface area contributed by atoms with Crippen LogP contribution in [0.4, 0.5) is 4.39 Å². The molecule has 0 radical (unpaired) electrons. The molecule has 0 N–H and O–H groups in total. The maximum atomic E-state index is 13.1. The third-order valence-electron chi connectivity index (χ3n) is 4.68. The zero-order chi connectivity index (χ0) is 17.9. The first kappa shape index (κ1) is 17.1. The van der Waals surface area contributed by atoms with Crippen molar-refractivity contribution in [2.24, 2.45) is 0 Å². The SMILES string of the molecule is Fc1ccc(C2=CCN(Cc3ccc(-c4ccc(Cl)cc4)o3)CC2)cc1. The van der Waals surface area contributed by atoms with Crippen LogP contribution in [0.25, 0.3) is 16.9 Å². The summed E-state index contributed by atoms with van der Waals surface area (Å²) in [5.74, 6) is 1.62. The molecule has 2 heterocycles. The van der Waals surface area contributed by atoms with Crippen molar-refractivity contribution in [3.8, 4) is 11.3 Å². The lowest BCUT2D eigenvalue weighted by molar-refractivity contribution is 0.269. The smallest absolute Gasteiger partial charge is 0.134 e. The number of furan rings is 1. The van der Waals surface area contributed by atoms with E-state index in [1.165, 1.54) is 17.7 Å². The molecule has 3 aromatic rings. The van der Waals surface area contributed by atoms with Crippen LogP contribution in [0.3, 0.4) is 0 Å². The second kappa shape index (κ2) is 7.48. The minimum absolute atomic E-state index is 0.193. The molecule has 0 unspecified atom stereocenters. The topological polar surface area (TPSA) is 16.4 Å². The summed E-state index contributed by atoms with van der Waals surface area (Å²) in [7, 11) is 0. The van der Waals surface area contributed by atoms with Crippen LogP contribution in [0.2, 0.25) is 5.02 Å². The Morgan fingerprint density at radius 3 is 2.35 bits per heavy atom. The van der Waals surface area contributed by atoms with Crippen molar-refractivity contribution in [1.29, 1.82) is 0 Å². The van der Waals surface area contributed by atoms with Crippen molar-refractivity contribution in [3.05, 3.63) is 88.9 Å². The summed E-state index contributed by atoms with van der Waals surface area (Å²) in [5, 5.41) is 0.720. The van der Waals surface area contributed by atoms with Crippen LogP contribution in [-0.4, -0.2) is 18.0 Å². The van der Waals surface area contributed by atoms with Crippen molar-refractivity contribution in [2.45, 2.75) is 13.0 Å². The summed E-state index contributed by atoms with van der Waals surface area (Å²) >= 11 is 5.94. The normalized spacial score (nSPS) is 15.1.